The molecule has 0 spiro atoms. The molecule has 0 unspecified atom stereocenters. The number of hydrogen-bond donors (Lipinski definition) is 2. The molecule has 0 aromatic carbocycles. The number of aryl methyl sites for hydroxylation is 2. The van der Waals surface area contributed by atoms with Crippen molar-refractivity contribution >= 4 is 34.5 Å². The number of nitrogens with one attached hydrogen (secondary N) is 1. The fourth-order valence-corrected chi connectivity index (χ4v) is 5.40. The molecule has 1 atom stereocenters. The van der Waals surface area contributed by atoms with Gasteiger partial charge in [-0.2, -0.15) is 0 Å². The van der Waals surface area contributed by atoms with Crippen LogP contribution >= 0.6 is 23.4 Å². The van der Waals surface area contributed by atoms with E-state index in [4.69, 9.17) is 11.6 Å². The lowest BCUT2D eigenvalue weighted by molar-refractivity contribution is 0.223. The van der Waals surface area contributed by atoms with Gasteiger partial charge in [-0.15, -0.1) is 11.6 Å². The molecule has 7 nitrogen and oxygen atoms in total. The minimum atomic E-state index is -0.650. The van der Waals surface area contributed by atoms with Crippen LogP contribution in [0.2, 0.25) is 0 Å². The zero-order valence-electron chi connectivity index (χ0n) is 21.0. The van der Waals surface area contributed by atoms with Crippen molar-refractivity contribution in [3.63, 3.8) is 0 Å². The van der Waals surface area contributed by atoms with Gasteiger partial charge in [0.1, 0.15) is 0 Å². The second kappa shape index (κ2) is 16.4. The number of nitrogens with zero attached hydrogens (tertiary/aromatic N) is 3. The first-order valence-electron chi connectivity index (χ1n) is 13.1. The van der Waals surface area contributed by atoms with Crippen LogP contribution in [0, 0.1) is 0 Å². The summed E-state index contributed by atoms with van der Waals surface area (Å²) in [6.07, 6.45) is 17.4. The average Bonchev–Trinajstić information content (AvgIpc) is 3.20. The molecule has 0 aliphatic carbocycles. The Morgan fingerprint density at radius 3 is 2.00 bits per heavy atom. The Balaban J connectivity index is 1.76. The lowest BCUT2D eigenvalue weighted by Crippen LogP contribution is -2.29. The van der Waals surface area contributed by atoms with Gasteiger partial charge in [-0.1, -0.05) is 102 Å². The van der Waals surface area contributed by atoms with Crippen LogP contribution in [0.4, 0.5) is 0 Å². The molecule has 0 aliphatic rings. The van der Waals surface area contributed by atoms with Crippen LogP contribution < -0.4 is 11.2 Å². The fraction of sp³-hybridized carbons (Fsp3) is 0.800. The maximum absolute atomic E-state index is 12.5. The van der Waals surface area contributed by atoms with Gasteiger partial charge in [0, 0.05) is 25.2 Å². The molecule has 2 rings (SSSR count). The molecule has 34 heavy (non-hydrogen) atoms. The van der Waals surface area contributed by atoms with Crippen molar-refractivity contribution in [3.8, 4) is 0 Å². The van der Waals surface area contributed by atoms with Crippen LogP contribution in [0.25, 0.3) is 11.2 Å². The lowest BCUT2D eigenvalue weighted by Gasteiger charge is -2.10. The molecule has 0 fully saturated rings. The number of unbranched alkanes of at least 4 members (excludes halogenated alkanes) is 13. The standard InChI is InChI=1S/C25H43ClN4O3S/c1-3-4-5-6-7-8-9-10-11-12-13-14-15-16-17-30-21-22(29(2)24(33)28-23(21)32)27-25(30)34-19-20(31)18-26/h20,31H,3-19H2,1-2H3,(H,28,32,33)/t20-/m0/s1. The van der Waals surface area contributed by atoms with Gasteiger partial charge in [0.05, 0.1) is 6.10 Å². The first-order chi connectivity index (χ1) is 16.5. The summed E-state index contributed by atoms with van der Waals surface area (Å²) in [4.78, 5) is 31.4. The maximum Gasteiger partial charge on any atom is 0.329 e. The van der Waals surface area contributed by atoms with Gasteiger partial charge in [0.15, 0.2) is 16.3 Å². The van der Waals surface area contributed by atoms with Gasteiger partial charge in [-0.25, -0.2) is 9.78 Å². The predicted octanol–water partition coefficient (Wildman–Crippen LogP) is 5.60. The number of aliphatic hydroxyl groups excluding tert-OH is 1. The number of hydrogen-bond acceptors (Lipinski definition) is 5. The van der Waals surface area contributed by atoms with Gasteiger partial charge < -0.3 is 9.67 Å². The lowest BCUT2D eigenvalue weighted by atomic mass is 10.0. The first-order valence-corrected chi connectivity index (χ1v) is 14.6. The summed E-state index contributed by atoms with van der Waals surface area (Å²) in [5.41, 5.74) is -0.0988. The Labute approximate surface area is 212 Å². The van der Waals surface area contributed by atoms with Gasteiger partial charge >= 0.3 is 5.69 Å². The van der Waals surface area contributed by atoms with Crippen LogP contribution in [-0.4, -0.2) is 41.9 Å². The first kappa shape index (κ1) is 29.0. The Bertz CT molecular complexity index is 956. The Kier molecular flexibility index (Phi) is 14.0. The van der Waals surface area contributed by atoms with E-state index in [0.29, 0.717) is 28.6 Å². The Morgan fingerprint density at radius 1 is 0.941 bits per heavy atom. The number of imidazole rings is 1. The van der Waals surface area contributed by atoms with Crippen LogP contribution in [0.1, 0.15) is 96.8 Å². The van der Waals surface area contributed by atoms with E-state index < -0.39 is 17.4 Å². The zero-order valence-corrected chi connectivity index (χ0v) is 22.6. The van der Waals surface area contributed by atoms with E-state index in [0.717, 1.165) is 12.8 Å². The van der Waals surface area contributed by atoms with Crippen molar-refractivity contribution in [2.75, 3.05) is 11.6 Å². The van der Waals surface area contributed by atoms with E-state index >= 15 is 0 Å². The summed E-state index contributed by atoms with van der Waals surface area (Å²) in [5.74, 6) is 0.530. The van der Waals surface area contributed by atoms with Crippen molar-refractivity contribution in [2.45, 2.75) is 115 Å². The summed E-state index contributed by atoms with van der Waals surface area (Å²) in [6, 6.07) is 0. The van der Waals surface area contributed by atoms with Crippen LogP contribution in [-0.2, 0) is 13.6 Å². The van der Waals surface area contributed by atoms with Crippen molar-refractivity contribution in [2.24, 2.45) is 7.05 Å². The highest BCUT2D eigenvalue weighted by Crippen LogP contribution is 2.23. The SMILES string of the molecule is CCCCCCCCCCCCCCCCn1c(SC[C@@H](O)CCl)nc2c1c(=O)[nH]c(=O)n2C. The summed E-state index contributed by atoms with van der Waals surface area (Å²) in [6.45, 7) is 2.92. The van der Waals surface area contributed by atoms with E-state index in [-0.39, 0.29) is 5.88 Å². The van der Waals surface area contributed by atoms with Crippen LogP contribution in [0.3, 0.4) is 0 Å². The van der Waals surface area contributed by atoms with Gasteiger partial charge in [0.2, 0.25) is 0 Å². The third kappa shape index (κ3) is 9.42. The molecule has 0 saturated heterocycles. The van der Waals surface area contributed by atoms with E-state index in [9.17, 15) is 14.7 Å². The van der Waals surface area contributed by atoms with Crippen molar-refractivity contribution < 1.29 is 5.11 Å². The van der Waals surface area contributed by atoms with E-state index in [2.05, 4.69) is 16.9 Å². The molecule has 0 radical (unpaired) electrons. The normalized spacial score (nSPS) is 12.6. The molecule has 2 heterocycles. The van der Waals surface area contributed by atoms with Gasteiger partial charge in [-0.05, 0) is 6.42 Å². The van der Waals surface area contributed by atoms with Crippen LogP contribution in [0.5, 0.6) is 0 Å². The highest BCUT2D eigenvalue weighted by atomic mass is 35.5. The molecule has 2 N–H and O–H groups in total. The smallest absolute Gasteiger partial charge is 0.329 e. The quantitative estimate of drug-likeness (QED) is 0.145. The monoisotopic (exact) mass is 514 g/mol. The number of rotatable bonds is 19. The average molecular weight is 515 g/mol. The summed E-state index contributed by atoms with van der Waals surface area (Å²) < 4.78 is 3.25. The number of aliphatic hydroxyl groups is 1. The largest absolute Gasteiger partial charge is 0.391 e. The third-order valence-electron chi connectivity index (χ3n) is 6.29. The molecular weight excluding hydrogens is 472 g/mol. The fourth-order valence-electron chi connectivity index (χ4n) is 4.21. The number of H-pyrrole nitrogens is 1. The number of aromatic amines is 1. The van der Waals surface area contributed by atoms with Crippen molar-refractivity contribution in [1.82, 2.24) is 19.1 Å². The number of aromatic nitrogens is 4. The van der Waals surface area contributed by atoms with Crippen LogP contribution in [0.15, 0.2) is 14.7 Å². The predicted molar refractivity (Wildman–Crippen MR) is 143 cm³/mol. The summed E-state index contributed by atoms with van der Waals surface area (Å²) in [7, 11) is 1.60. The van der Waals surface area contributed by atoms with Crippen molar-refractivity contribution in [3.05, 3.63) is 20.8 Å². The number of halogens is 1. The Morgan fingerprint density at radius 2 is 1.47 bits per heavy atom. The number of fused-ring (bicyclic) bond motifs is 1. The van der Waals surface area contributed by atoms with Gasteiger partial charge in [-0.3, -0.25) is 14.3 Å². The summed E-state index contributed by atoms with van der Waals surface area (Å²) >= 11 is 7.08. The molecule has 9 heteroatoms. The zero-order chi connectivity index (χ0) is 24.8. The molecule has 0 saturated carbocycles. The van der Waals surface area contributed by atoms with E-state index in [1.54, 1.807) is 7.05 Å². The second-order valence-electron chi connectivity index (χ2n) is 9.25. The van der Waals surface area contributed by atoms with E-state index in [1.807, 2.05) is 4.57 Å². The van der Waals surface area contributed by atoms with Gasteiger partial charge in [0.25, 0.3) is 5.56 Å². The highest BCUT2D eigenvalue weighted by molar-refractivity contribution is 7.99. The number of alkyl halides is 1. The second-order valence-corrected chi connectivity index (χ2v) is 10.5. The molecule has 0 aliphatic heterocycles. The number of thioether (sulfide) groups is 1. The molecule has 2 aromatic heterocycles. The molecule has 0 amide bonds. The molecule has 194 valence electrons. The minimum Gasteiger partial charge on any atom is -0.391 e. The van der Waals surface area contributed by atoms with E-state index in [1.165, 1.54) is 93.4 Å². The topological polar surface area (TPSA) is 92.9 Å². The molecular formula is C25H43ClN4O3S. The summed E-state index contributed by atoms with van der Waals surface area (Å²) in [5, 5.41) is 10.5. The Hall–Kier alpha value is -1.25. The highest BCUT2D eigenvalue weighted by Gasteiger charge is 2.18. The maximum atomic E-state index is 12.5. The molecule has 2 aromatic rings. The minimum absolute atomic E-state index is 0.144. The third-order valence-corrected chi connectivity index (χ3v) is 7.77. The molecule has 0 bridgehead atoms. The van der Waals surface area contributed by atoms with Crippen molar-refractivity contribution in [1.29, 1.82) is 0 Å².